The van der Waals surface area contributed by atoms with Gasteiger partial charge in [0.2, 0.25) is 29.6 Å². The minimum atomic E-state index is -0.702. The number of carbonyl (C=O) groups is 5. The number of hydrogen-bond acceptors (Lipinski definition) is 13. The lowest BCUT2D eigenvalue weighted by atomic mass is 10.1. The zero-order valence-electron chi connectivity index (χ0n) is 36.6. The van der Waals surface area contributed by atoms with Crippen molar-refractivity contribution in [2.75, 3.05) is 50.0 Å². The molecule has 6 heterocycles. The van der Waals surface area contributed by atoms with Gasteiger partial charge in [0.15, 0.2) is 0 Å². The van der Waals surface area contributed by atoms with Gasteiger partial charge in [-0.1, -0.05) is 0 Å². The van der Waals surface area contributed by atoms with Crippen LogP contribution >= 0.6 is 0 Å². The number of aryl methyl sites for hydroxylation is 5. The van der Waals surface area contributed by atoms with E-state index in [1.54, 1.807) is 53.5 Å². The minimum Gasteiger partial charge on any atom is -0.491 e. The number of β-amino-alcohol motifs (C(OH)–C–C–N with tert-alkyl or cyclic N) is 1. The number of rotatable bonds is 19. The average molecular weight is 893 g/mol. The summed E-state index contributed by atoms with van der Waals surface area (Å²) in [4.78, 5) is 76.3. The van der Waals surface area contributed by atoms with Crippen LogP contribution in [0.4, 0.5) is 11.9 Å². The first-order chi connectivity index (χ1) is 31.2. The number of imidazole rings is 2. The largest absolute Gasteiger partial charge is 0.491 e. The number of ether oxygens (including phenoxy) is 2. The van der Waals surface area contributed by atoms with E-state index >= 15 is 0 Å². The first-order valence-electron chi connectivity index (χ1n) is 21.5. The molecule has 1 saturated heterocycles. The molecule has 8 N–H and O–H groups in total. The molecule has 2 aromatic carbocycles. The number of primary amides is 2. The second-order valence-corrected chi connectivity index (χ2v) is 16.2. The molecule has 0 radical (unpaired) electrons. The molecule has 2 aliphatic rings. The molecule has 22 heteroatoms. The molecule has 8 rings (SSSR count). The molecule has 1 atom stereocenters. The Hall–Kier alpha value is -7.33. The molecular weight excluding hydrogens is 841 g/mol. The molecular formula is C43H52N14O8. The Bertz CT molecular complexity index is 2830. The van der Waals surface area contributed by atoms with Crippen LogP contribution in [0.25, 0.3) is 22.1 Å². The number of fused-ring (bicyclic) bond motifs is 1. The van der Waals surface area contributed by atoms with Crippen molar-refractivity contribution in [3.63, 3.8) is 0 Å². The van der Waals surface area contributed by atoms with Gasteiger partial charge in [-0.25, -0.2) is 9.97 Å². The zero-order chi connectivity index (χ0) is 46.1. The Kier molecular flexibility index (Phi) is 12.5. The summed E-state index contributed by atoms with van der Waals surface area (Å²) in [5.41, 5.74) is 15.7. The highest BCUT2D eigenvalue weighted by Crippen LogP contribution is 2.39. The van der Waals surface area contributed by atoms with Gasteiger partial charge in [0.25, 0.3) is 11.8 Å². The van der Waals surface area contributed by atoms with Gasteiger partial charge in [-0.15, -0.1) is 0 Å². The number of nitrogens with one attached hydrogen (secondary N) is 3. The van der Waals surface area contributed by atoms with Crippen molar-refractivity contribution < 1.29 is 38.6 Å². The highest BCUT2D eigenvalue weighted by atomic mass is 16.5. The van der Waals surface area contributed by atoms with Crippen LogP contribution in [0.5, 0.6) is 11.5 Å². The van der Waals surface area contributed by atoms with Crippen LogP contribution in [0.3, 0.4) is 0 Å². The molecule has 0 aliphatic carbocycles. The lowest BCUT2D eigenvalue weighted by molar-refractivity contribution is -0.124. The molecule has 342 valence electrons. The second-order valence-electron chi connectivity index (χ2n) is 16.2. The van der Waals surface area contributed by atoms with Crippen molar-refractivity contribution in [2.45, 2.75) is 78.7 Å². The second kappa shape index (κ2) is 18.4. The standard InChI is InChI=1S/C43H52N14O8/c1-5-55-31(13-23(3)51-55)40(62)49-42-47-29-15-25(38(44)60)17-33(64-12-8-10-46-35(59)21-53-19-28(58)20-53)36(29)54(42)11-7-9-27-22-65-34-18-26(39(45)61)16-30-37(34)57(27)43(48-30)50-41(63)32-14-24(4)52-56(32)6-2/h13-18,27-28,58H,5-12,19-22H2,1-4H3,(H2,44,60)(H2,45,61)(H,46,59)(H,47,49,62)(H,48,50,63)/t27-/m0/s1. The van der Waals surface area contributed by atoms with Gasteiger partial charge in [0.05, 0.1) is 47.7 Å². The predicted octanol–water partition coefficient (Wildman–Crippen LogP) is 2.11. The summed E-state index contributed by atoms with van der Waals surface area (Å²) in [6.45, 7) is 10.3. The highest BCUT2D eigenvalue weighted by Gasteiger charge is 2.31. The number of anilines is 2. The van der Waals surface area contributed by atoms with E-state index in [1.165, 1.54) is 6.07 Å². The fourth-order valence-corrected chi connectivity index (χ4v) is 8.33. The fraction of sp³-hybridized carbons (Fsp3) is 0.419. The Morgan fingerprint density at radius 1 is 0.815 bits per heavy atom. The van der Waals surface area contributed by atoms with Gasteiger partial charge < -0.3 is 40.5 Å². The van der Waals surface area contributed by atoms with E-state index in [0.29, 0.717) is 108 Å². The highest BCUT2D eigenvalue weighted by molar-refractivity contribution is 6.05. The maximum absolute atomic E-state index is 13.9. The normalized spacial score (nSPS) is 14.9. The van der Waals surface area contributed by atoms with E-state index in [0.717, 1.165) is 0 Å². The van der Waals surface area contributed by atoms with Crippen molar-refractivity contribution in [3.8, 4) is 11.5 Å². The summed E-state index contributed by atoms with van der Waals surface area (Å²) in [5, 5.41) is 27.2. The molecule has 1 fully saturated rings. The monoisotopic (exact) mass is 892 g/mol. The maximum Gasteiger partial charge on any atom is 0.276 e. The van der Waals surface area contributed by atoms with Crippen molar-refractivity contribution in [2.24, 2.45) is 11.5 Å². The van der Waals surface area contributed by atoms with Crippen LogP contribution in [0.1, 0.15) is 92.2 Å². The molecule has 22 nitrogen and oxygen atoms in total. The van der Waals surface area contributed by atoms with Gasteiger partial charge in [0.1, 0.15) is 40.5 Å². The number of carbonyl (C=O) groups excluding carboxylic acids is 5. The molecule has 0 unspecified atom stereocenters. The van der Waals surface area contributed by atoms with Gasteiger partial charge in [0, 0.05) is 50.4 Å². The van der Waals surface area contributed by atoms with E-state index in [9.17, 15) is 29.1 Å². The van der Waals surface area contributed by atoms with Gasteiger partial charge in [-0.05, 0) is 83.4 Å². The molecule has 5 amide bonds. The van der Waals surface area contributed by atoms with E-state index < -0.39 is 29.7 Å². The number of nitrogens with two attached hydrogens (primary N) is 2. The van der Waals surface area contributed by atoms with Gasteiger partial charge in [-0.2, -0.15) is 10.2 Å². The minimum absolute atomic E-state index is 0.146. The third kappa shape index (κ3) is 9.20. The average Bonchev–Trinajstić information content (AvgIpc) is 4.03. The first-order valence-corrected chi connectivity index (χ1v) is 21.5. The topological polar surface area (TPSA) is 287 Å². The Morgan fingerprint density at radius 3 is 2.03 bits per heavy atom. The van der Waals surface area contributed by atoms with Crippen LogP contribution in [0, 0.1) is 13.8 Å². The van der Waals surface area contributed by atoms with E-state index in [-0.39, 0.29) is 61.3 Å². The molecule has 0 spiro atoms. The number of aliphatic hydroxyl groups excluding tert-OH is 1. The van der Waals surface area contributed by atoms with Crippen LogP contribution in [0.2, 0.25) is 0 Å². The number of hydrogen-bond donors (Lipinski definition) is 6. The summed E-state index contributed by atoms with van der Waals surface area (Å²) in [5.74, 6) is -1.26. The third-order valence-corrected chi connectivity index (χ3v) is 11.4. The molecule has 6 aromatic rings. The number of aliphatic hydroxyl groups is 1. The molecule has 0 bridgehead atoms. The lowest BCUT2D eigenvalue weighted by Gasteiger charge is -2.34. The summed E-state index contributed by atoms with van der Waals surface area (Å²) in [6, 6.07) is 9.22. The van der Waals surface area contributed by atoms with Gasteiger partial charge in [-0.3, -0.25) is 48.9 Å². The Morgan fingerprint density at radius 2 is 1.42 bits per heavy atom. The van der Waals surface area contributed by atoms with E-state index in [1.807, 2.05) is 27.9 Å². The third-order valence-electron chi connectivity index (χ3n) is 11.4. The van der Waals surface area contributed by atoms with Crippen LogP contribution in [-0.4, -0.2) is 124 Å². The fourth-order valence-electron chi connectivity index (χ4n) is 8.33. The van der Waals surface area contributed by atoms with E-state index in [4.69, 9.17) is 30.9 Å². The van der Waals surface area contributed by atoms with E-state index in [2.05, 4.69) is 26.1 Å². The first kappa shape index (κ1) is 44.3. The van der Waals surface area contributed by atoms with Crippen LogP contribution in [0.15, 0.2) is 36.4 Å². The maximum atomic E-state index is 13.9. The lowest BCUT2D eigenvalue weighted by Crippen LogP contribution is -2.54. The molecule has 0 saturated carbocycles. The van der Waals surface area contributed by atoms with Crippen molar-refractivity contribution in [1.29, 1.82) is 0 Å². The molecule has 4 aromatic heterocycles. The molecule has 2 aliphatic heterocycles. The quantitative estimate of drug-likeness (QED) is 0.0637. The SMILES string of the molecule is CCn1nc(C)cc1C(=O)Nc1nc2cc(C(N)=O)cc(OCCCNC(=O)CN3CC(O)C3)c2n1CCC[C@H]1COc2cc(C(N)=O)cc3nc(NC(=O)c4cc(C)nn4CC)n1c23. The Labute approximate surface area is 372 Å². The van der Waals surface area contributed by atoms with Gasteiger partial charge >= 0.3 is 0 Å². The van der Waals surface area contributed by atoms with Crippen LogP contribution in [-0.2, 0) is 24.4 Å². The zero-order valence-corrected chi connectivity index (χ0v) is 36.6. The Balaban J connectivity index is 1.09. The number of benzene rings is 2. The predicted molar refractivity (Wildman–Crippen MR) is 237 cm³/mol. The van der Waals surface area contributed by atoms with Crippen molar-refractivity contribution in [3.05, 3.63) is 70.3 Å². The number of aromatic nitrogens is 8. The number of nitrogens with zero attached hydrogens (tertiary/aromatic N) is 9. The number of amides is 5. The summed E-state index contributed by atoms with van der Waals surface area (Å²) in [7, 11) is 0. The van der Waals surface area contributed by atoms with Crippen LogP contribution < -0.4 is 36.9 Å². The van der Waals surface area contributed by atoms with Crippen molar-refractivity contribution in [1.82, 2.24) is 48.9 Å². The summed E-state index contributed by atoms with van der Waals surface area (Å²) in [6.07, 6.45) is 0.959. The smallest absolute Gasteiger partial charge is 0.276 e. The summed E-state index contributed by atoms with van der Waals surface area (Å²) >= 11 is 0. The molecule has 65 heavy (non-hydrogen) atoms. The van der Waals surface area contributed by atoms with Crippen molar-refractivity contribution >= 4 is 63.5 Å². The number of likely N-dealkylation sites (tertiary alicyclic amines) is 1. The summed E-state index contributed by atoms with van der Waals surface area (Å²) < 4.78 is 19.4.